The molecule has 1 N–H and O–H groups in total. The molecule has 1 aliphatic heterocycles. The quantitative estimate of drug-likeness (QED) is 0.634. The average Bonchev–Trinajstić information content (AvgIpc) is 2.23. The van der Waals surface area contributed by atoms with Gasteiger partial charge in [0.2, 0.25) is 0 Å². The Morgan fingerprint density at radius 1 is 1.36 bits per heavy atom. The zero-order valence-corrected chi connectivity index (χ0v) is 9.13. The van der Waals surface area contributed by atoms with Crippen molar-refractivity contribution in [1.82, 2.24) is 10.2 Å². The third-order valence-electron chi connectivity index (χ3n) is 2.25. The van der Waals surface area contributed by atoms with E-state index in [2.05, 4.69) is 17.5 Å². The van der Waals surface area contributed by atoms with Crippen molar-refractivity contribution in [2.24, 2.45) is 0 Å². The van der Waals surface area contributed by atoms with Crippen LogP contribution in [-0.4, -0.2) is 24.5 Å². The van der Waals surface area contributed by atoms with Gasteiger partial charge in [0.1, 0.15) is 0 Å². The van der Waals surface area contributed by atoms with Gasteiger partial charge in [-0.05, 0) is 18.4 Å². The fraction of sp³-hybridized carbons (Fsp3) is 0.545. The number of carbonyl (C=O) groups is 1. The standard InChI is InChI=1S/C9H12N2O.C2H6.H2/c1-11-6-7-4-2-3-5-8(7)10-9(11)12;1-2;/h4-5H,2-3,6H2,1H3,(H,10,12);1-2H3;1H. The molecular weight excluding hydrogens is 176 g/mol. The van der Waals surface area contributed by atoms with Crippen LogP contribution >= 0.6 is 0 Å². The molecule has 1 saturated heterocycles. The molecule has 80 valence electrons. The summed E-state index contributed by atoms with van der Waals surface area (Å²) in [4.78, 5) is 12.9. The van der Waals surface area contributed by atoms with Crippen molar-refractivity contribution in [1.29, 1.82) is 0 Å². The first-order valence-corrected chi connectivity index (χ1v) is 5.19. The molecule has 0 radical (unpaired) electrons. The molecule has 1 heterocycles. The van der Waals surface area contributed by atoms with Gasteiger partial charge in [-0.25, -0.2) is 4.79 Å². The predicted molar refractivity (Wildman–Crippen MR) is 60.0 cm³/mol. The molecule has 0 aromatic rings. The number of hydrogen-bond acceptors (Lipinski definition) is 1. The number of nitrogens with one attached hydrogen (secondary N) is 1. The Balaban J connectivity index is 0.000000617. The van der Waals surface area contributed by atoms with E-state index in [0.29, 0.717) is 0 Å². The van der Waals surface area contributed by atoms with Gasteiger partial charge in [-0.3, -0.25) is 0 Å². The molecule has 0 aromatic carbocycles. The van der Waals surface area contributed by atoms with Crippen LogP contribution in [0.3, 0.4) is 0 Å². The number of likely N-dealkylation sites (N-methyl/N-ethyl adjacent to an activating group) is 1. The number of rotatable bonds is 0. The maximum Gasteiger partial charge on any atom is 0.321 e. The normalized spacial score (nSPS) is 19.6. The summed E-state index contributed by atoms with van der Waals surface area (Å²) in [7, 11) is 1.81. The van der Waals surface area contributed by atoms with Crippen molar-refractivity contribution >= 4 is 6.03 Å². The van der Waals surface area contributed by atoms with Gasteiger partial charge in [0.05, 0.1) is 0 Å². The van der Waals surface area contributed by atoms with Crippen LogP contribution in [0.4, 0.5) is 4.79 Å². The summed E-state index contributed by atoms with van der Waals surface area (Å²) in [5.41, 5.74) is 2.27. The lowest BCUT2D eigenvalue weighted by atomic mass is 10.0. The van der Waals surface area contributed by atoms with Crippen molar-refractivity contribution in [3.63, 3.8) is 0 Å². The van der Waals surface area contributed by atoms with Gasteiger partial charge in [-0.15, -0.1) is 0 Å². The summed E-state index contributed by atoms with van der Waals surface area (Å²) in [5, 5.41) is 2.85. The van der Waals surface area contributed by atoms with Crippen LogP contribution < -0.4 is 5.32 Å². The summed E-state index contributed by atoms with van der Waals surface area (Å²) in [6, 6.07) is 0.000278. The monoisotopic (exact) mass is 196 g/mol. The first-order valence-electron chi connectivity index (χ1n) is 5.19. The Hall–Kier alpha value is -1.25. The van der Waals surface area contributed by atoms with E-state index in [9.17, 15) is 4.79 Å². The summed E-state index contributed by atoms with van der Waals surface area (Å²) >= 11 is 0. The molecule has 0 atom stereocenters. The second-order valence-electron chi connectivity index (χ2n) is 3.21. The summed E-state index contributed by atoms with van der Waals surface area (Å²) < 4.78 is 0. The van der Waals surface area contributed by atoms with Crippen LogP contribution in [0.1, 0.15) is 28.1 Å². The highest BCUT2D eigenvalue weighted by Gasteiger charge is 2.21. The Morgan fingerprint density at radius 2 is 2.00 bits per heavy atom. The Bertz CT molecular complexity index is 284. The van der Waals surface area contributed by atoms with Crippen LogP contribution in [0.15, 0.2) is 23.4 Å². The number of carbonyl (C=O) groups excluding carboxylic acids is 1. The predicted octanol–water partition coefficient (Wildman–Crippen LogP) is 2.52. The van der Waals surface area contributed by atoms with Gasteiger partial charge in [-0.2, -0.15) is 0 Å². The number of urea groups is 1. The van der Waals surface area contributed by atoms with Crippen molar-refractivity contribution in [3.05, 3.63) is 23.4 Å². The van der Waals surface area contributed by atoms with E-state index in [4.69, 9.17) is 0 Å². The maximum atomic E-state index is 11.2. The third kappa shape index (κ3) is 2.16. The molecule has 0 bridgehead atoms. The highest BCUT2D eigenvalue weighted by molar-refractivity contribution is 5.79. The Morgan fingerprint density at radius 3 is 2.71 bits per heavy atom. The molecule has 2 amide bonds. The van der Waals surface area contributed by atoms with Crippen LogP contribution in [-0.2, 0) is 0 Å². The highest BCUT2D eigenvalue weighted by atomic mass is 16.2. The van der Waals surface area contributed by atoms with E-state index in [0.717, 1.165) is 25.1 Å². The maximum absolute atomic E-state index is 11.2. The van der Waals surface area contributed by atoms with Crippen LogP contribution in [0.25, 0.3) is 0 Å². The molecule has 0 spiro atoms. The smallest absolute Gasteiger partial charge is 0.321 e. The topological polar surface area (TPSA) is 32.3 Å². The lowest BCUT2D eigenvalue weighted by molar-refractivity contribution is 0.211. The molecular formula is C11H20N2O. The van der Waals surface area contributed by atoms with E-state index in [-0.39, 0.29) is 7.46 Å². The van der Waals surface area contributed by atoms with Gasteiger partial charge in [0.25, 0.3) is 0 Å². The van der Waals surface area contributed by atoms with E-state index in [1.165, 1.54) is 5.57 Å². The van der Waals surface area contributed by atoms with Gasteiger partial charge in [0.15, 0.2) is 0 Å². The molecule has 0 aromatic heterocycles. The number of hydrogen-bond donors (Lipinski definition) is 1. The molecule has 1 fully saturated rings. The molecule has 3 nitrogen and oxygen atoms in total. The second kappa shape index (κ2) is 4.84. The molecule has 2 rings (SSSR count). The van der Waals surface area contributed by atoms with Crippen LogP contribution in [0, 0.1) is 0 Å². The molecule has 2 aliphatic rings. The Kier molecular flexibility index (Phi) is 3.74. The molecule has 3 heteroatoms. The second-order valence-corrected chi connectivity index (χ2v) is 3.21. The first kappa shape index (κ1) is 10.8. The number of amides is 2. The lowest BCUT2D eigenvalue weighted by Gasteiger charge is -2.29. The first-order chi connectivity index (χ1) is 6.77. The van der Waals surface area contributed by atoms with Crippen molar-refractivity contribution < 1.29 is 6.22 Å². The summed E-state index contributed by atoms with van der Waals surface area (Å²) in [6.07, 6.45) is 6.44. The van der Waals surface area contributed by atoms with Crippen LogP contribution in [0.5, 0.6) is 0 Å². The Labute approximate surface area is 87.0 Å². The minimum atomic E-state index is 0. The van der Waals surface area contributed by atoms with Crippen molar-refractivity contribution in [3.8, 4) is 0 Å². The average molecular weight is 196 g/mol. The van der Waals surface area contributed by atoms with Crippen LogP contribution in [0.2, 0.25) is 0 Å². The van der Waals surface area contributed by atoms with Gasteiger partial charge < -0.3 is 10.2 Å². The zero-order chi connectivity index (χ0) is 10.6. The molecule has 1 aliphatic carbocycles. The zero-order valence-electron chi connectivity index (χ0n) is 9.13. The number of fused-ring (bicyclic) bond motifs is 1. The van der Waals surface area contributed by atoms with E-state index < -0.39 is 0 Å². The third-order valence-corrected chi connectivity index (χ3v) is 2.25. The van der Waals surface area contributed by atoms with E-state index in [1.54, 1.807) is 4.90 Å². The highest BCUT2D eigenvalue weighted by Crippen LogP contribution is 2.20. The summed E-state index contributed by atoms with van der Waals surface area (Å²) in [5.74, 6) is 0. The largest absolute Gasteiger partial charge is 0.323 e. The number of nitrogens with zero attached hydrogens (tertiary/aromatic N) is 1. The molecule has 14 heavy (non-hydrogen) atoms. The van der Waals surface area contributed by atoms with E-state index in [1.807, 2.05) is 20.9 Å². The van der Waals surface area contributed by atoms with Crippen molar-refractivity contribution in [2.45, 2.75) is 26.7 Å². The fourth-order valence-corrected chi connectivity index (χ4v) is 1.55. The SMILES string of the molecule is CC.CN1CC2=CCCC=C2NC1=O.[HH]. The molecule has 0 unspecified atom stereocenters. The van der Waals surface area contributed by atoms with Gasteiger partial charge >= 0.3 is 6.03 Å². The minimum Gasteiger partial charge on any atom is -0.323 e. The summed E-state index contributed by atoms with van der Waals surface area (Å²) in [6.45, 7) is 4.75. The number of allylic oxidation sites excluding steroid dienone is 2. The fourth-order valence-electron chi connectivity index (χ4n) is 1.55. The van der Waals surface area contributed by atoms with Gasteiger partial charge in [0, 0.05) is 20.7 Å². The molecule has 0 saturated carbocycles. The van der Waals surface area contributed by atoms with Gasteiger partial charge in [-0.1, -0.05) is 26.0 Å². The van der Waals surface area contributed by atoms with E-state index >= 15 is 0 Å². The lowest BCUT2D eigenvalue weighted by Crippen LogP contribution is -2.44. The van der Waals surface area contributed by atoms with Crippen molar-refractivity contribution in [2.75, 3.05) is 13.6 Å². The minimum absolute atomic E-state index is 0.